The van der Waals surface area contributed by atoms with Crippen LogP contribution in [0, 0.1) is 0 Å². The van der Waals surface area contributed by atoms with Crippen LogP contribution in [0.2, 0.25) is 0 Å². The van der Waals surface area contributed by atoms with Gasteiger partial charge in [-0.3, -0.25) is 0 Å². The van der Waals surface area contributed by atoms with Gasteiger partial charge in [0.1, 0.15) is 10.6 Å². The quantitative estimate of drug-likeness (QED) is 0.828. The lowest BCUT2D eigenvalue weighted by Gasteiger charge is -2.16. The fourth-order valence-electron chi connectivity index (χ4n) is 2.36. The SMILES string of the molecule is O=S(=O)(NC1CCCCCC1)c1ccccc1O. The van der Waals surface area contributed by atoms with E-state index in [2.05, 4.69) is 4.72 Å². The minimum absolute atomic E-state index is 0.00268. The van der Waals surface area contributed by atoms with Gasteiger partial charge in [-0.1, -0.05) is 37.8 Å². The molecule has 0 aromatic heterocycles. The maximum Gasteiger partial charge on any atom is 0.244 e. The summed E-state index contributed by atoms with van der Waals surface area (Å²) in [6.07, 6.45) is 6.24. The number of aromatic hydroxyl groups is 1. The first-order valence-electron chi connectivity index (χ1n) is 6.40. The van der Waals surface area contributed by atoms with Crippen molar-refractivity contribution >= 4 is 10.0 Å². The molecule has 1 aliphatic carbocycles. The summed E-state index contributed by atoms with van der Waals surface area (Å²) < 4.78 is 27.0. The van der Waals surface area contributed by atoms with E-state index in [1.165, 1.54) is 25.0 Å². The Hall–Kier alpha value is -1.07. The fourth-order valence-corrected chi connectivity index (χ4v) is 3.77. The van der Waals surface area contributed by atoms with Crippen molar-refractivity contribution in [2.75, 3.05) is 0 Å². The van der Waals surface area contributed by atoms with Crippen LogP contribution < -0.4 is 4.72 Å². The van der Waals surface area contributed by atoms with Crippen molar-refractivity contribution in [2.24, 2.45) is 0 Å². The van der Waals surface area contributed by atoms with Crippen molar-refractivity contribution in [2.45, 2.75) is 49.5 Å². The second kappa shape index (κ2) is 5.71. The maximum atomic E-state index is 12.2. The lowest BCUT2D eigenvalue weighted by Crippen LogP contribution is -2.34. The van der Waals surface area contributed by atoms with Crippen LogP contribution in [0.25, 0.3) is 0 Å². The first kappa shape index (κ1) is 13.4. The van der Waals surface area contributed by atoms with Crippen LogP contribution in [0.4, 0.5) is 0 Å². The summed E-state index contributed by atoms with van der Waals surface area (Å²) in [6, 6.07) is 6.04. The molecule has 2 rings (SSSR count). The van der Waals surface area contributed by atoms with Gasteiger partial charge in [-0.15, -0.1) is 0 Å². The number of para-hydroxylation sites is 1. The van der Waals surface area contributed by atoms with Gasteiger partial charge in [0.2, 0.25) is 10.0 Å². The molecule has 1 aromatic rings. The van der Waals surface area contributed by atoms with Gasteiger partial charge in [0, 0.05) is 6.04 Å². The van der Waals surface area contributed by atoms with Crippen molar-refractivity contribution < 1.29 is 13.5 Å². The van der Waals surface area contributed by atoms with Crippen molar-refractivity contribution in [1.82, 2.24) is 4.72 Å². The summed E-state index contributed by atoms with van der Waals surface area (Å²) >= 11 is 0. The smallest absolute Gasteiger partial charge is 0.244 e. The molecule has 100 valence electrons. The van der Waals surface area contributed by atoms with Crippen LogP contribution in [0.15, 0.2) is 29.2 Å². The Bertz CT molecular complexity index is 491. The highest BCUT2D eigenvalue weighted by atomic mass is 32.2. The summed E-state index contributed by atoms with van der Waals surface area (Å²) in [7, 11) is -3.61. The van der Waals surface area contributed by atoms with Crippen LogP contribution in [-0.4, -0.2) is 19.6 Å². The number of phenolic OH excluding ortho intramolecular Hbond substituents is 1. The Labute approximate surface area is 108 Å². The zero-order valence-corrected chi connectivity index (χ0v) is 11.1. The first-order chi connectivity index (χ1) is 8.59. The lowest BCUT2D eigenvalue weighted by molar-refractivity contribution is 0.455. The fraction of sp³-hybridized carbons (Fsp3) is 0.538. The molecule has 0 radical (unpaired) electrons. The number of phenols is 1. The average Bonchev–Trinajstić information content (AvgIpc) is 2.57. The molecule has 0 bridgehead atoms. The van der Waals surface area contributed by atoms with Crippen LogP contribution >= 0.6 is 0 Å². The normalized spacial score (nSPS) is 18.4. The predicted molar refractivity (Wildman–Crippen MR) is 69.9 cm³/mol. The van der Waals surface area contributed by atoms with Gasteiger partial charge in [0.25, 0.3) is 0 Å². The van der Waals surface area contributed by atoms with E-state index < -0.39 is 10.0 Å². The predicted octanol–water partition coefficient (Wildman–Crippen LogP) is 2.39. The van der Waals surface area contributed by atoms with E-state index in [-0.39, 0.29) is 16.7 Å². The summed E-state index contributed by atoms with van der Waals surface area (Å²) in [5, 5.41) is 9.61. The molecule has 0 saturated heterocycles. The Morgan fingerprint density at radius 2 is 1.67 bits per heavy atom. The highest BCUT2D eigenvalue weighted by Gasteiger charge is 2.23. The number of benzene rings is 1. The zero-order chi connectivity index (χ0) is 13.0. The van der Waals surface area contributed by atoms with Crippen LogP contribution in [0.3, 0.4) is 0 Å². The van der Waals surface area contributed by atoms with Gasteiger partial charge in [-0.25, -0.2) is 13.1 Å². The van der Waals surface area contributed by atoms with Gasteiger partial charge in [-0.05, 0) is 25.0 Å². The third-order valence-corrected chi connectivity index (χ3v) is 4.90. The minimum atomic E-state index is -3.61. The van der Waals surface area contributed by atoms with E-state index >= 15 is 0 Å². The Morgan fingerprint density at radius 3 is 2.28 bits per heavy atom. The van der Waals surface area contributed by atoms with Crippen molar-refractivity contribution in [3.8, 4) is 5.75 Å². The van der Waals surface area contributed by atoms with Crippen molar-refractivity contribution in [3.05, 3.63) is 24.3 Å². The topological polar surface area (TPSA) is 66.4 Å². The molecular weight excluding hydrogens is 250 g/mol. The van der Waals surface area contributed by atoms with E-state index in [0.29, 0.717) is 0 Å². The second-order valence-electron chi connectivity index (χ2n) is 4.78. The molecule has 18 heavy (non-hydrogen) atoms. The molecule has 1 fully saturated rings. The largest absolute Gasteiger partial charge is 0.507 e. The summed E-state index contributed by atoms with van der Waals surface area (Å²) in [4.78, 5) is -0.0331. The molecule has 0 spiro atoms. The molecule has 1 aliphatic rings. The monoisotopic (exact) mass is 269 g/mol. The molecule has 0 unspecified atom stereocenters. The van der Waals surface area contributed by atoms with Crippen molar-refractivity contribution in [1.29, 1.82) is 0 Å². The molecule has 4 nitrogen and oxygen atoms in total. The summed E-state index contributed by atoms with van der Waals surface area (Å²) in [5.74, 6) is -0.196. The molecule has 1 aromatic carbocycles. The molecule has 5 heteroatoms. The van der Waals surface area contributed by atoms with E-state index in [9.17, 15) is 13.5 Å². The van der Waals surface area contributed by atoms with Crippen LogP contribution in [-0.2, 0) is 10.0 Å². The maximum absolute atomic E-state index is 12.2. The Morgan fingerprint density at radius 1 is 1.06 bits per heavy atom. The molecule has 0 heterocycles. The number of nitrogens with one attached hydrogen (secondary N) is 1. The standard InChI is InChI=1S/C13H19NO3S/c15-12-9-5-6-10-13(12)18(16,17)14-11-7-3-1-2-4-8-11/h5-6,9-11,14-15H,1-4,7-8H2. The molecule has 1 saturated carbocycles. The van der Waals surface area contributed by atoms with Gasteiger partial charge in [-0.2, -0.15) is 0 Å². The summed E-state index contributed by atoms with van der Waals surface area (Å²) in [5.41, 5.74) is 0. The van der Waals surface area contributed by atoms with Crippen LogP contribution in [0.5, 0.6) is 5.75 Å². The van der Waals surface area contributed by atoms with E-state index in [1.54, 1.807) is 12.1 Å². The van der Waals surface area contributed by atoms with Gasteiger partial charge >= 0.3 is 0 Å². The molecule has 2 N–H and O–H groups in total. The highest BCUT2D eigenvalue weighted by molar-refractivity contribution is 7.89. The third-order valence-electron chi connectivity index (χ3n) is 3.33. The number of hydrogen-bond donors (Lipinski definition) is 2. The third kappa shape index (κ3) is 3.23. The minimum Gasteiger partial charge on any atom is -0.507 e. The Balaban J connectivity index is 2.14. The molecule has 0 aliphatic heterocycles. The number of sulfonamides is 1. The van der Waals surface area contributed by atoms with Crippen LogP contribution in [0.1, 0.15) is 38.5 Å². The molecule has 0 atom stereocenters. The average molecular weight is 269 g/mol. The first-order valence-corrected chi connectivity index (χ1v) is 7.88. The Kier molecular flexibility index (Phi) is 4.24. The zero-order valence-electron chi connectivity index (χ0n) is 10.3. The summed E-state index contributed by atoms with van der Waals surface area (Å²) in [6.45, 7) is 0. The van der Waals surface area contributed by atoms with E-state index in [1.807, 2.05) is 0 Å². The lowest BCUT2D eigenvalue weighted by atomic mass is 10.1. The highest BCUT2D eigenvalue weighted by Crippen LogP contribution is 2.24. The van der Waals surface area contributed by atoms with Crippen molar-refractivity contribution in [3.63, 3.8) is 0 Å². The van der Waals surface area contributed by atoms with E-state index in [0.717, 1.165) is 25.7 Å². The van der Waals surface area contributed by atoms with Gasteiger partial charge < -0.3 is 5.11 Å². The van der Waals surface area contributed by atoms with E-state index in [4.69, 9.17) is 0 Å². The van der Waals surface area contributed by atoms with Gasteiger partial charge in [0.05, 0.1) is 0 Å². The molecule has 0 amide bonds. The molecular formula is C13H19NO3S. The second-order valence-corrected chi connectivity index (χ2v) is 6.46. The number of hydrogen-bond acceptors (Lipinski definition) is 3. The number of rotatable bonds is 3. The van der Waals surface area contributed by atoms with Gasteiger partial charge in [0.15, 0.2) is 0 Å².